The van der Waals surface area contributed by atoms with E-state index in [1.807, 2.05) is 6.07 Å². The van der Waals surface area contributed by atoms with Gasteiger partial charge in [0.1, 0.15) is 11.6 Å². The lowest BCUT2D eigenvalue weighted by Gasteiger charge is -2.39. The number of aromatic nitrogens is 5. The first-order valence-electron chi connectivity index (χ1n) is 14.7. The molecule has 0 aromatic carbocycles. The maximum absolute atomic E-state index is 12.5. The van der Waals surface area contributed by atoms with Crippen molar-refractivity contribution in [3.63, 3.8) is 0 Å². The van der Waals surface area contributed by atoms with Crippen molar-refractivity contribution >= 4 is 27.3 Å². The monoisotopic (exact) mass is 591 g/mol. The molecule has 0 bridgehead atoms. The Hall–Kier alpha value is -3.53. The molecule has 3 N–H and O–H groups in total. The van der Waals surface area contributed by atoms with E-state index >= 15 is 0 Å². The third-order valence-electron chi connectivity index (χ3n) is 8.63. The Labute approximate surface area is 246 Å². The predicted molar refractivity (Wildman–Crippen MR) is 160 cm³/mol. The number of aliphatic hydroxyl groups excluding tert-OH is 2. The molecule has 1 aliphatic heterocycles. The van der Waals surface area contributed by atoms with Crippen molar-refractivity contribution in [3.05, 3.63) is 42.5 Å². The molecule has 2 aliphatic carbocycles. The molecule has 0 spiro atoms. The molecule has 3 aromatic rings. The van der Waals surface area contributed by atoms with Gasteiger partial charge in [-0.25, -0.2) is 23.4 Å². The zero-order chi connectivity index (χ0) is 29.3. The topological polar surface area (TPSA) is 146 Å². The molecule has 1 saturated heterocycles. The van der Waals surface area contributed by atoms with Crippen LogP contribution in [0.15, 0.2) is 36.9 Å². The van der Waals surface area contributed by atoms with E-state index in [1.165, 1.54) is 12.4 Å². The molecule has 2 saturated carbocycles. The molecule has 3 aliphatic rings. The van der Waals surface area contributed by atoms with E-state index in [0.717, 1.165) is 67.0 Å². The molecule has 12 heteroatoms. The van der Waals surface area contributed by atoms with Crippen LogP contribution in [-0.2, 0) is 10.0 Å². The SMILES string of the molecule is CC1(CO)CCN(c2cc(Nc3ccnc(-c4cnn(S(=O)(=O)C5CC5)c4)n3)ncc2C#CC2CCCCC2O)CC1. The maximum Gasteiger partial charge on any atom is 0.256 e. The summed E-state index contributed by atoms with van der Waals surface area (Å²) in [7, 11) is -3.47. The van der Waals surface area contributed by atoms with E-state index in [-0.39, 0.29) is 23.2 Å². The van der Waals surface area contributed by atoms with Crippen molar-refractivity contribution in [2.24, 2.45) is 11.3 Å². The molecular formula is C30H37N7O4S. The maximum atomic E-state index is 12.5. The van der Waals surface area contributed by atoms with Crippen LogP contribution in [-0.4, -0.2) is 73.8 Å². The molecule has 2 unspecified atom stereocenters. The lowest BCUT2D eigenvalue weighted by Crippen LogP contribution is -2.40. The van der Waals surface area contributed by atoms with Crippen molar-refractivity contribution in [1.82, 2.24) is 24.1 Å². The number of pyridine rings is 1. The van der Waals surface area contributed by atoms with E-state index in [1.54, 1.807) is 18.5 Å². The number of nitrogens with zero attached hydrogens (tertiary/aromatic N) is 6. The second-order valence-electron chi connectivity index (χ2n) is 12.0. The fourth-order valence-corrected chi connectivity index (χ4v) is 7.02. The first kappa shape index (κ1) is 28.6. The highest BCUT2D eigenvalue weighted by Crippen LogP contribution is 2.35. The highest BCUT2D eigenvalue weighted by molar-refractivity contribution is 7.90. The summed E-state index contributed by atoms with van der Waals surface area (Å²) in [6.07, 6.45) is 12.7. The van der Waals surface area contributed by atoms with Gasteiger partial charge >= 0.3 is 0 Å². The Morgan fingerprint density at radius 1 is 1.10 bits per heavy atom. The van der Waals surface area contributed by atoms with Gasteiger partial charge in [-0.3, -0.25) is 0 Å². The smallest absolute Gasteiger partial charge is 0.256 e. The van der Waals surface area contributed by atoms with Gasteiger partial charge in [-0.2, -0.15) is 9.19 Å². The van der Waals surface area contributed by atoms with Crippen molar-refractivity contribution in [2.75, 3.05) is 29.9 Å². The molecule has 2 atom stereocenters. The standard InChI is InChI=1S/C30H37N7O4S/c1-30(20-38)11-14-36(15-12-30)25-16-28(32-17-22(25)7-6-21-4-2-3-5-26(21)39)34-27-10-13-31-29(35-27)23-18-33-37(19-23)42(40,41)24-8-9-24/h10,13,16-19,21,24,26,38-39H,2-5,8-9,11-12,14-15,20H2,1H3,(H,31,32,34,35). The Kier molecular flexibility index (Phi) is 7.91. The molecule has 4 heterocycles. The van der Waals surface area contributed by atoms with Gasteiger partial charge in [0.2, 0.25) is 0 Å². The van der Waals surface area contributed by atoms with Crippen LogP contribution < -0.4 is 10.2 Å². The normalized spacial score (nSPS) is 22.3. The molecular weight excluding hydrogens is 554 g/mol. The Bertz CT molecular complexity index is 1600. The van der Waals surface area contributed by atoms with Crippen molar-refractivity contribution in [1.29, 1.82) is 0 Å². The molecule has 6 rings (SSSR count). The fourth-order valence-electron chi connectivity index (χ4n) is 5.54. The van der Waals surface area contributed by atoms with Gasteiger partial charge in [0.25, 0.3) is 10.0 Å². The zero-order valence-electron chi connectivity index (χ0n) is 23.8. The first-order chi connectivity index (χ1) is 20.2. The van der Waals surface area contributed by atoms with Crippen LogP contribution in [0.5, 0.6) is 0 Å². The summed E-state index contributed by atoms with van der Waals surface area (Å²) >= 11 is 0. The Morgan fingerprint density at radius 3 is 2.62 bits per heavy atom. The average Bonchev–Trinajstić information content (AvgIpc) is 3.75. The molecule has 0 amide bonds. The fraction of sp³-hybridized carbons (Fsp3) is 0.533. The average molecular weight is 592 g/mol. The van der Waals surface area contributed by atoms with Gasteiger partial charge in [-0.1, -0.05) is 31.6 Å². The Morgan fingerprint density at radius 2 is 1.88 bits per heavy atom. The number of rotatable bonds is 7. The molecule has 42 heavy (non-hydrogen) atoms. The Balaban J connectivity index is 1.25. The van der Waals surface area contributed by atoms with Crippen LogP contribution in [0, 0.1) is 23.2 Å². The number of piperidine rings is 1. The van der Waals surface area contributed by atoms with E-state index in [2.05, 4.69) is 49.0 Å². The summed E-state index contributed by atoms with van der Waals surface area (Å²) in [4.78, 5) is 15.8. The van der Waals surface area contributed by atoms with Gasteiger partial charge in [0, 0.05) is 44.1 Å². The van der Waals surface area contributed by atoms with Gasteiger partial charge in [0.05, 0.1) is 40.6 Å². The number of hydrogen-bond acceptors (Lipinski definition) is 10. The molecule has 11 nitrogen and oxygen atoms in total. The third kappa shape index (κ3) is 6.14. The molecule has 3 aromatic heterocycles. The van der Waals surface area contributed by atoms with Crippen LogP contribution in [0.25, 0.3) is 11.4 Å². The number of aliphatic hydroxyl groups is 2. The van der Waals surface area contributed by atoms with Crippen LogP contribution in [0.3, 0.4) is 0 Å². The van der Waals surface area contributed by atoms with Crippen LogP contribution >= 0.6 is 0 Å². The molecule has 0 radical (unpaired) electrons. The zero-order valence-corrected chi connectivity index (χ0v) is 24.6. The second kappa shape index (κ2) is 11.6. The quantitative estimate of drug-likeness (QED) is 0.350. The third-order valence-corrected chi connectivity index (χ3v) is 10.7. The van der Waals surface area contributed by atoms with E-state index in [9.17, 15) is 18.6 Å². The number of hydrogen-bond donors (Lipinski definition) is 3. The molecule has 222 valence electrons. The van der Waals surface area contributed by atoms with E-state index in [0.29, 0.717) is 35.9 Å². The number of anilines is 3. The largest absolute Gasteiger partial charge is 0.396 e. The summed E-state index contributed by atoms with van der Waals surface area (Å²) in [6, 6.07) is 3.69. The summed E-state index contributed by atoms with van der Waals surface area (Å²) in [6.45, 7) is 3.85. The highest BCUT2D eigenvalue weighted by Gasteiger charge is 2.38. The lowest BCUT2D eigenvalue weighted by atomic mass is 9.81. The highest BCUT2D eigenvalue weighted by atomic mass is 32.2. The summed E-state index contributed by atoms with van der Waals surface area (Å²) in [5, 5.41) is 27.2. The van der Waals surface area contributed by atoms with Gasteiger partial charge in [0.15, 0.2) is 5.82 Å². The summed E-state index contributed by atoms with van der Waals surface area (Å²) in [5.41, 5.74) is 2.17. The number of nitrogens with one attached hydrogen (secondary N) is 1. The van der Waals surface area contributed by atoms with Crippen molar-refractivity contribution in [3.8, 4) is 23.2 Å². The van der Waals surface area contributed by atoms with Gasteiger partial charge < -0.3 is 20.4 Å². The van der Waals surface area contributed by atoms with Crippen molar-refractivity contribution < 1.29 is 18.6 Å². The van der Waals surface area contributed by atoms with E-state index in [4.69, 9.17) is 0 Å². The first-order valence-corrected chi connectivity index (χ1v) is 16.2. The van der Waals surface area contributed by atoms with E-state index < -0.39 is 16.1 Å². The summed E-state index contributed by atoms with van der Waals surface area (Å²) in [5.74, 6) is 8.04. The van der Waals surface area contributed by atoms with Gasteiger partial charge in [-0.15, -0.1) is 0 Å². The van der Waals surface area contributed by atoms with Crippen LogP contribution in [0.4, 0.5) is 17.3 Å². The minimum absolute atomic E-state index is 0.0357. The minimum atomic E-state index is -3.47. The van der Waals surface area contributed by atoms with Crippen LogP contribution in [0.1, 0.15) is 63.9 Å². The van der Waals surface area contributed by atoms with Crippen LogP contribution in [0.2, 0.25) is 0 Å². The lowest BCUT2D eigenvalue weighted by molar-refractivity contribution is 0.0970. The van der Waals surface area contributed by atoms with Crippen molar-refractivity contribution in [2.45, 2.75) is 69.6 Å². The minimum Gasteiger partial charge on any atom is -0.396 e. The second-order valence-corrected chi connectivity index (χ2v) is 14.1. The predicted octanol–water partition coefficient (Wildman–Crippen LogP) is 3.32. The summed E-state index contributed by atoms with van der Waals surface area (Å²) < 4.78 is 26.1. The van der Waals surface area contributed by atoms with Gasteiger partial charge in [-0.05, 0) is 50.0 Å². The molecule has 3 fully saturated rings.